The van der Waals surface area contributed by atoms with Gasteiger partial charge in [0.1, 0.15) is 0 Å². The second-order valence-corrected chi connectivity index (χ2v) is 5.80. The van der Waals surface area contributed by atoms with Crippen LogP contribution in [0.4, 0.5) is 0 Å². The Morgan fingerprint density at radius 2 is 2.24 bits per heavy atom. The molecule has 4 nitrogen and oxygen atoms in total. The van der Waals surface area contributed by atoms with Gasteiger partial charge in [0.15, 0.2) is 5.69 Å². The van der Waals surface area contributed by atoms with Gasteiger partial charge in [0.2, 0.25) is 0 Å². The number of carbonyl (C=O) groups excluding carboxylic acids is 1. The van der Waals surface area contributed by atoms with Crippen LogP contribution < -0.4 is 5.32 Å². The highest BCUT2D eigenvalue weighted by molar-refractivity contribution is 7.13. The molecule has 0 fully saturated rings. The zero-order valence-corrected chi connectivity index (χ0v) is 10.9. The van der Waals surface area contributed by atoms with E-state index in [1.807, 2.05) is 38.3 Å². The van der Waals surface area contributed by atoms with Gasteiger partial charge in [0.05, 0.1) is 10.6 Å². The molecule has 0 atom stereocenters. The molecule has 0 aromatic carbocycles. The molecular formula is C12H15N3OS. The van der Waals surface area contributed by atoms with Crippen molar-refractivity contribution < 1.29 is 4.79 Å². The van der Waals surface area contributed by atoms with Crippen LogP contribution in [0.2, 0.25) is 0 Å². The minimum absolute atomic E-state index is 0.156. The standard InChI is InChI=1S/C12H15N3OS/c1-12(2,3)13-11(16)9-7-8(14-15-9)10-5-4-6-17-10/h4-7H,1-3H3,(H,13,16)(H,14,15). The summed E-state index contributed by atoms with van der Waals surface area (Å²) in [7, 11) is 0. The van der Waals surface area contributed by atoms with E-state index in [0.717, 1.165) is 10.6 Å². The summed E-state index contributed by atoms with van der Waals surface area (Å²) in [5.41, 5.74) is 1.04. The predicted octanol–water partition coefficient (Wildman–Crippen LogP) is 2.67. The van der Waals surface area contributed by atoms with Gasteiger partial charge in [-0.05, 0) is 38.3 Å². The molecule has 17 heavy (non-hydrogen) atoms. The number of hydrogen-bond acceptors (Lipinski definition) is 3. The molecule has 2 N–H and O–H groups in total. The lowest BCUT2D eigenvalue weighted by Crippen LogP contribution is -2.40. The molecule has 2 aromatic rings. The van der Waals surface area contributed by atoms with Crippen LogP contribution in [0.5, 0.6) is 0 Å². The summed E-state index contributed by atoms with van der Waals surface area (Å²) in [4.78, 5) is 12.9. The normalized spacial score (nSPS) is 11.5. The van der Waals surface area contributed by atoms with Crippen molar-refractivity contribution >= 4 is 17.2 Å². The molecule has 1 amide bonds. The molecule has 0 spiro atoms. The predicted molar refractivity (Wildman–Crippen MR) is 69.1 cm³/mol. The average molecular weight is 249 g/mol. The lowest BCUT2D eigenvalue weighted by molar-refractivity contribution is 0.0914. The molecule has 2 heterocycles. The number of aromatic nitrogens is 2. The second kappa shape index (κ2) is 4.33. The van der Waals surface area contributed by atoms with Crippen molar-refractivity contribution in [3.05, 3.63) is 29.3 Å². The molecule has 0 aliphatic heterocycles. The van der Waals surface area contributed by atoms with Crippen molar-refractivity contribution in [1.82, 2.24) is 15.5 Å². The average Bonchev–Trinajstić information content (AvgIpc) is 2.86. The zero-order valence-electron chi connectivity index (χ0n) is 10.1. The second-order valence-electron chi connectivity index (χ2n) is 4.85. The molecule has 0 unspecified atom stereocenters. The number of rotatable bonds is 2. The van der Waals surface area contributed by atoms with Crippen LogP contribution in [-0.4, -0.2) is 21.6 Å². The Bertz CT molecular complexity index is 508. The Morgan fingerprint density at radius 3 is 2.82 bits per heavy atom. The third-order valence-electron chi connectivity index (χ3n) is 2.09. The lowest BCUT2D eigenvalue weighted by atomic mass is 10.1. The molecule has 0 aliphatic rings. The Balaban J connectivity index is 2.16. The van der Waals surface area contributed by atoms with Crippen LogP contribution in [0, 0.1) is 0 Å². The molecule has 0 radical (unpaired) electrons. The SMILES string of the molecule is CC(C)(C)NC(=O)c1cc(-c2cccs2)[nH]n1. The van der Waals surface area contributed by atoms with Crippen LogP contribution in [0.15, 0.2) is 23.6 Å². The summed E-state index contributed by atoms with van der Waals surface area (Å²) in [6.45, 7) is 5.83. The van der Waals surface area contributed by atoms with Crippen molar-refractivity contribution in [3.8, 4) is 10.6 Å². The van der Waals surface area contributed by atoms with Gasteiger partial charge in [-0.25, -0.2) is 0 Å². The third kappa shape index (κ3) is 2.94. The summed E-state index contributed by atoms with van der Waals surface area (Å²) in [6.07, 6.45) is 0. The summed E-state index contributed by atoms with van der Waals surface area (Å²) in [5.74, 6) is -0.156. The number of hydrogen-bond donors (Lipinski definition) is 2. The molecule has 5 heteroatoms. The Morgan fingerprint density at radius 1 is 1.47 bits per heavy atom. The van der Waals surface area contributed by atoms with Crippen molar-refractivity contribution in [3.63, 3.8) is 0 Å². The Hall–Kier alpha value is -1.62. The summed E-state index contributed by atoms with van der Waals surface area (Å²) < 4.78 is 0. The van der Waals surface area contributed by atoms with E-state index in [1.54, 1.807) is 17.4 Å². The van der Waals surface area contributed by atoms with E-state index >= 15 is 0 Å². The first kappa shape index (κ1) is 11.9. The van der Waals surface area contributed by atoms with Gasteiger partial charge in [-0.3, -0.25) is 9.89 Å². The summed E-state index contributed by atoms with van der Waals surface area (Å²) in [6, 6.07) is 5.73. The number of nitrogens with zero attached hydrogens (tertiary/aromatic N) is 1. The quantitative estimate of drug-likeness (QED) is 0.859. The first-order chi connectivity index (χ1) is 7.96. The highest BCUT2D eigenvalue weighted by Gasteiger charge is 2.17. The summed E-state index contributed by atoms with van der Waals surface area (Å²) in [5, 5.41) is 11.8. The Kier molecular flexibility index (Phi) is 3.02. The third-order valence-corrected chi connectivity index (χ3v) is 2.99. The number of thiophene rings is 1. The van der Waals surface area contributed by atoms with E-state index in [1.165, 1.54) is 0 Å². The van der Waals surface area contributed by atoms with E-state index in [2.05, 4.69) is 15.5 Å². The number of aromatic amines is 1. The fraction of sp³-hybridized carbons (Fsp3) is 0.333. The van der Waals surface area contributed by atoms with E-state index in [9.17, 15) is 4.79 Å². The van der Waals surface area contributed by atoms with Crippen molar-refractivity contribution in [2.75, 3.05) is 0 Å². The molecule has 90 valence electrons. The van der Waals surface area contributed by atoms with Crippen molar-refractivity contribution in [2.24, 2.45) is 0 Å². The van der Waals surface area contributed by atoms with Gasteiger partial charge in [-0.15, -0.1) is 11.3 Å². The Labute approximate surface area is 104 Å². The maximum absolute atomic E-state index is 11.9. The number of amides is 1. The molecule has 2 aromatic heterocycles. The molecular weight excluding hydrogens is 234 g/mol. The van der Waals surface area contributed by atoms with Crippen LogP contribution in [0.3, 0.4) is 0 Å². The van der Waals surface area contributed by atoms with Gasteiger partial charge in [0, 0.05) is 5.54 Å². The largest absolute Gasteiger partial charge is 0.346 e. The fourth-order valence-corrected chi connectivity index (χ4v) is 2.09. The molecule has 0 aliphatic carbocycles. The maximum Gasteiger partial charge on any atom is 0.272 e. The van der Waals surface area contributed by atoms with Gasteiger partial charge in [-0.2, -0.15) is 5.10 Å². The summed E-state index contributed by atoms with van der Waals surface area (Å²) >= 11 is 1.61. The minimum Gasteiger partial charge on any atom is -0.346 e. The van der Waals surface area contributed by atoms with Crippen molar-refractivity contribution in [2.45, 2.75) is 26.3 Å². The monoisotopic (exact) mass is 249 g/mol. The highest BCUT2D eigenvalue weighted by atomic mass is 32.1. The first-order valence-electron chi connectivity index (χ1n) is 5.37. The van der Waals surface area contributed by atoms with Gasteiger partial charge >= 0.3 is 0 Å². The van der Waals surface area contributed by atoms with Crippen LogP contribution >= 0.6 is 11.3 Å². The number of H-pyrrole nitrogens is 1. The van der Waals surface area contributed by atoms with Gasteiger partial charge in [0.25, 0.3) is 5.91 Å². The maximum atomic E-state index is 11.9. The van der Waals surface area contributed by atoms with Crippen LogP contribution in [0.25, 0.3) is 10.6 Å². The molecule has 0 saturated carbocycles. The van der Waals surface area contributed by atoms with Gasteiger partial charge < -0.3 is 5.32 Å². The van der Waals surface area contributed by atoms with E-state index in [-0.39, 0.29) is 11.4 Å². The lowest BCUT2D eigenvalue weighted by Gasteiger charge is -2.19. The van der Waals surface area contributed by atoms with Crippen molar-refractivity contribution in [1.29, 1.82) is 0 Å². The number of nitrogens with one attached hydrogen (secondary N) is 2. The van der Waals surface area contributed by atoms with E-state index in [0.29, 0.717) is 5.69 Å². The minimum atomic E-state index is -0.251. The van der Waals surface area contributed by atoms with Crippen LogP contribution in [0.1, 0.15) is 31.3 Å². The highest BCUT2D eigenvalue weighted by Crippen LogP contribution is 2.22. The zero-order chi connectivity index (χ0) is 12.5. The molecule has 2 rings (SSSR count). The first-order valence-corrected chi connectivity index (χ1v) is 6.25. The topological polar surface area (TPSA) is 57.8 Å². The van der Waals surface area contributed by atoms with E-state index in [4.69, 9.17) is 0 Å². The van der Waals surface area contributed by atoms with Gasteiger partial charge in [-0.1, -0.05) is 6.07 Å². The van der Waals surface area contributed by atoms with E-state index < -0.39 is 0 Å². The molecule has 0 bridgehead atoms. The van der Waals surface area contributed by atoms with Crippen LogP contribution in [-0.2, 0) is 0 Å². The fourth-order valence-electron chi connectivity index (χ4n) is 1.40. The number of carbonyl (C=O) groups is 1. The molecule has 0 saturated heterocycles. The smallest absolute Gasteiger partial charge is 0.272 e.